The van der Waals surface area contributed by atoms with Crippen molar-refractivity contribution >= 4 is 17.4 Å². The molecule has 2 aromatic rings. The van der Waals surface area contributed by atoms with Gasteiger partial charge in [-0.3, -0.25) is 9.69 Å². The second-order valence-corrected chi connectivity index (χ2v) is 6.98. The number of fused-ring (bicyclic) bond motifs is 1. The topological polar surface area (TPSA) is 123 Å². The summed E-state index contributed by atoms with van der Waals surface area (Å²) in [6.45, 7) is 4.75. The summed E-state index contributed by atoms with van der Waals surface area (Å²) in [7, 11) is 4.38. The molecule has 1 aromatic heterocycles. The Morgan fingerprint density at radius 1 is 1.17 bits per heavy atom. The Balaban J connectivity index is 2.37. The number of nitroso groups, excluding NO2 is 1. The van der Waals surface area contributed by atoms with Gasteiger partial charge in [0.1, 0.15) is 23.3 Å². The van der Waals surface area contributed by atoms with Crippen molar-refractivity contribution in [2.75, 3.05) is 26.2 Å². The molecular weight excluding hydrogens is 392 g/mol. The largest absolute Gasteiger partial charge is 0.496 e. The van der Waals surface area contributed by atoms with Gasteiger partial charge in [0.05, 0.1) is 32.6 Å². The maximum Gasteiger partial charge on any atom is 0.269 e. The number of amides is 1. The Labute approximate surface area is 173 Å². The average Bonchev–Trinajstić information content (AvgIpc) is 2.92. The number of aromatic nitrogens is 2. The number of nitrogens with zero attached hydrogens (tertiary/aromatic N) is 4. The van der Waals surface area contributed by atoms with Crippen LogP contribution in [0, 0.1) is 11.8 Å². The van der Waals surface area contributed by atoms with Crippen LogP contribution in [0.25, 0.3) is 0 Å². The highest BCUT2D eigenvalue weighted by molar-refractivity contribution is 6.12. The van der Waals surface area contributed by atoms with E-state index in [1.807, 2.05) is 0 Å². The van der Waals surface area contributed by atoms with E-state index in [2.05, 4.69) is 15.1 Å². The van der Waals surface area contributed by atoms with Crippen LogP contribution >= 0.6 is 0 Å². The fourth-order valence-corrected chi connectivity index (χ4v) is 3.60. The third kappa shape index (κ3) is 3.13. The lowest BCUT2D eigenvalue weighted by molar-refractivity contribution is -0.133. The monoisotopic (exact) mass is 416 g/mol. The Morgan fingerprint density at radius 2 is 1.77 bits per heavy atom. The first-order valence-electron chi connectivity index (χ1n) is 9.33. The first-order valence-corrected chi connectivity index (χ1v) is 9.33. The predicted molar refractivity (Wildman–Crippen MR) is 108 cm³/mol. The highest BCUT2D eigenvalue weighted by Gasteiger charge is 2.52. The molecule has 2 atom stereocenters. The lowest BCUT2D eigenvalue weighted by Gasteiger charge is -2.23. The summed E-state index contributed by atoms with van der Waals surface area (Å²) in [6.07, 6.45) is 0.353. The number of carbonyl (C=O) groups excluding carboxylic acids is 1. The summed E-state index contributed by atoms with van der Waals surface area (Å²) in [4.78, 5) is 34.8. The Morgan fingerprint density at radius 3 is 2.23 bits per heavy atom. The molecule has 0 bridgehead atoms. The van der Waals surface area contributed by atoms with E-state index < -0.39 is 17.6 Å². The minimum Gasteiger partial charge on any atom is -0.496 e. The second-order valence-electron chi connectivity index (χ2n) is 6.98. The highest BCUT2D eigenvalue weighted by Crippen LogP contribution is 2.52. The zero-order valence-corrected chi connectivity index (χ0v) is 17.7. The van der Waals surface area contributed by atoms with Crippen molar-refractivity contribution in [3.05, 3.63) is 34.1 Å². The van der Waals surface area contributed by atoms with E-state index in [0.29, 0.717) is 18.0 Å². The van der Waals surface area contributed by atoms with E-state index in [1.54, 1.807) is 26.0 Å². The van der Waals surface area contributed by atoms with Crippen molar-refractivity contribution in [2.45, 2.75) is 38.8 Å². The summed E-state index contributed by atoms with van der Waals surface area (Å²) in [5.41, 5.74) is -1.36. The molecule has 0 fully saturated rings. The number of methoxy groups -OCH3 is 3. The number of hydrogen-bond acceptors (Lipinski definition) is 9. The maximum absolute atomic E-state index is 13.4. The molecule has 1 amide bonds. The van der Waals surface area contributed by atoms with E-state index in [-0.39, 0.29) is 34.3 Å². The van der Waals surface area contributed by atoms with Crippen molar-refractivity contribution in [1.29, 1.82) is 0 Å². The molecule has 0 aliphatic carbocycles. The van der Waals surface area contributed by atoms with Gasteiger partial charge >= 0.3 is 0 Å². The van der Waals surface area contributed by atoms with Crippen LogP contribution in [-0.2, 0) is 10.4 Å². The van der Waals surface area contributed by atoms with Crippen molar-refractivity contribution in [3.63, 3.8) is 0 Å². The third-order valence-electron chi connectivity index (χ3n) is 5.09. The molecule has 10 nitrogen and oxygen atoms in total. The molecule has 2 unspecified atom stereocenters. The normalized spacial score (nSPS) is 18.8. The van der Waals surface area contributed by atoms with Gasteiger partial charge in [-0.1, -0.05) is 12.1 Å². The summed E-state index contributed by atoms with van der Waals surface area (Å²) in [5.74, 6) is 0.815. The minimum atomic E-state index is -1.98. The first kappa shape index (κ1) is 21.4. The van der Waals surface area contributed by atoms with Crippen molar-refractivity contribution in [2.24, 2.45) is 5.18 Å². The Bertz CT molecular complexity index is 982. The molecule has 160 valence electrons. The van der Waals surface area contributed by atoms with Gasteiger partial charge < -0.3 is 19.3 Å². The Kier molecular flexibility index (Phi) is 5.62. The van der Waals surface area contributed by atoms with Crippen LogP contribution < -0.4 is 19.1 Å². The van der Waals surface area contributed by atoms with Crippen LogP contribution in [0.3, 0.4) is 0 Å². The summed E-state index contributed by atoms with van der Waals surface area (Å²) in [6, 6.07) is 2.35. The molecule has 1 N–H and O–H groups in total. The van der Waals surface area contributed by atoms with Gasteiger partial charge in [-0.15, -0.1) is 0 Å². The van der Waals surface area contributed by atoms with Gasteiger partial charge in [-0.2, -0.15) is 4.91 Å². The number of benzene rings is 1. The SMILES string of the molecule is CCC(N=O)c1nc(C)nc2c1C(C)(O)C(=O)N2c1c(OC)cc(OC)cc1OC. The zero-order valence-electron chi connectivity index (χ0n) is 17.7. The minimum absolute atomic E-state index is 0.143. The molecule has 0 spiro atoms. The van der Waals surface area contributed by atoms with Crippen LogP contribution in [0.4, 0.5) is 11.5 Å². The summed E-state index contributed by atoms with van der Waals surface area (Å²) < 4.78 is 16.2. The van der Waals surface area contributed by atoms with Gasteiger partial charge in [0.2, 0.25) is 0 Å². The quantitative estimate of drug-likeness (QED) is 0.684. The maximum atomic E-state index is 13.4. The summed E-state index contributed by atoms with van der Waals surface area (Å²) in [5, 5.41) is 14.3. The number of rotatable bonds is 7. The van der Waals surface area contributed by atoms with Crippen molar-refractivity contribution < 1.29 is 24.1 Å². The second kappa shape index (κ2) is 7.86. The molecular formula is C20H24N4O6. The van der Waals surface area contributed by atoms with Gasteiger partial charge in [-0.05, 0) is 20.3 Å². The van der Waals surface area contributed by atoms with Gasteiger partial charge in [0.15, 0.2) is 22.9 Å². The average molecular weight is 416 g/mol. The van der Waals surface area contributed by atoms with Crippen LogP contribution in [-0.4, -0.2) is 42.3 Å². The van der Waals surface area contributed by atoms with Crippen molar-refractivity contribution in [3.8, 4) is 17.2 Å². The molecule has 1 aliphatic heterocycles. The third-order valence-corrected chi connectivity index (χ3v) is 5.09. The molecule has 10 heteroatoms. The van der Waals surface area contributed by atoms with Crippen LogP contribution in [0.15, 0.2) is 17.3 Å². The molecule has 2 heterocycles. The van der Waals surface area contributed by atoms with Gasteiger partial charge in [-0.25, -0.2) is 9.97 Å². The van der Waals surface area contributed by atoms with E-state index in [9.17, 15) is 14.8 Å². The standard InChI is InChI=1S/C20H24N4O6/c1-7-12(23-27)16-15-18(22-10(2)21-16)24(19(25)20(15,3)26)17-13(29-5)8-11(28-4)9-14(17)30-6/h8-9,12,26H,7H2,1-6H3. The van der Waals surface area contributed by atoms with Gasteiger partial charge in [0.25, 0.3) is 5.91 Å². The number of carbonyl (C=O) groups is 1. The van der Waals surface area contributed by atoms with Crippen LogP contribution in [0.1, 0.15) is 43.4 Å². The Hall–Kier alpha value is -3.27. The molecule has 0 radical (unpaired) electrons. The number of hydrogen-bond donors (Lipinski definition) is 1. The molecule has 0 saturated carbocycles. The first-order chi connectivity index (χ1) is 14.2. The summed E-state index contributed by atoms with van der Waals surface area (Å²) >= 11 is 0. The molecule has 30 heavy (non-hydrogen) atoms. The number of anilines is 2. The van der Waals surface area contributed by atoms with E-state index in [1.165, 1.54) is 33.2 Å². The predicted octanol–water partition coefficient (Wildman–Crippen LogP) is 2.91. The van der Waals surface area contributed by atoms with E-state index >= 15 is 0 Å². The number of aliphatic hydroxyl groups is 1. The van der Waals surface area contributed by atoms with Crippen LogP contribution in [0.2, 0.25) is 0 Å². The zero-order chi connectivity index (χ0) is 22.2. The molecule has 1 aliphatic rings. The van der Waals surface area contributed by atoms with Gasteiger partial charge in [0, 0.05) is 12.1 Å². The smallest absolute Gasteiger partial charge is 0.269 e. The number of aryl methyl sites for hydroxylation is 1. The number of ether oxygens (including phenoxy) is 3. The lowest BCUT2D eigenvalue weighted by atomic mass is 9.94. The van der Waals surface area contributed by atoms with E-state index in [0.717, 1.165) is 0 Å². The molecule has 3 rings (SSSR count). The van der Waals surface area contributed by atoms with Crippen molar-refractivity contribution in [1.82, 2.24) is 9.97 Å². The molecule has 0 saturated heterocycles. The van der Waals surface area contributed by atoms with Crippen LogP contribution in [0.5, 0.6) is 17.2 Å². The fourth-order valence-electron chi connectivity index (χ4n) is 3.60. The highest BCUT2D eigenvalue weighted by atomic mass is 16.5. The lowest BCUT2D eigenvalue weighted by Crippen LogP contribution is -2.36. The fraction of sp³-hybridized carbons (Fsp3) is 0.450. The van der Waals surface area contributed by atoms with E-state index in [4.69, 9.17) is 14.2 Å². The molecule has 1 aromatic carbocycles.